The third-order valence-electron chi connectivity index (χ3n) is 6.61. The lowest BCUT2D eigenvalue weighted by Gasteiger charge is -2.38. The van der Waals surface area contributed by atoms with Gasteiger partial charge in [0.15, 0.2) is 11.1 Å². The van der Waals surface area contributed by atoms with Gasteiger partial charge in [-0.15, -0.1) is 0 Å². The number of methoxy groups -OCH3 is 1. The average Bonchev–Trinajstić information content (AvgIpc) is 2.93. The van der Waals surface area contributed by atoms with Crippen LogP contribution in [0.5, 0.6) is 5.75 Å². The van der Waals surface area contributed by atoms with Gasteiger partial charge >= 0.3 is 0 Å². The Morgan fingerprint density at radius 3 is 2.11 bits per heavy atom. The van der Waals surface area contributed by atoms with Crippen LogP contribution in [-0.2, 0) is 9.84 Å². The molecule has 37 heavy (non-hydrogen) atoms. The number of hydrogen-bond acceptors (Lipinski definition) is 8. The van der Waals surface area contributed by atoms with Crippen LogP contribution in [0.25, 0.3) is 11.0 Å². The highest BCUT2D eigenvalue weighted by Gasteiger charge is 2.35. The summed E-state index contributed by atoms with van der Waals surface area (Å²) in [6, 6.07) is 23.7. The second kappa shape index (κ2) is 10.1. The number of sulfone groups is 1. The molecule has 0 spiro atoms. The molecule has 1 aromatic heterocycles. The topological polar surface area (TPSA) is 99.4 Å². The molecule has 0 amide bonds. The number of piperazine rings is 1. The fraction of sp³-hybridized carbons (Fsp3) is 0.250. The maximum absolute atomic E-state index is 13.6. The Morgan fingerprint density at radius 1 is 0.865 bits per heavy atom. The van der Waals surface area contributed by atoms with Gasteiger partial charge in [0.05, 0.1) is 34.8 Å². The van der Waals surface area contributed by atoms with Crippen molar-refractivity contribution in [2.75, 3.05) is 43.1 Å². The molecule has 0 bridgehead atoms. The first-order valence-corrected chi connectivity index (χ1v) is 13.6. The van der Waals surface area contributed by atoms with Crippen LogP contribution in [0.2, 0.25) is 0 Å². The molecule has 1 aliphatic heterocycles. The van der Waals surface area contributed by atoms with Crippen molar-refractivity contribution in [1.82, 2.24) is 9.97 Å². The minimum atomic E-state index is -4.03. The maximum Gasteiger partial charge on any atom is 0.200 e. The lowest BCUT2D eigenvalue weighted by Crippen LogP contribution is -2.47. The maximum atomic E-state index is 13.6. The number of aromatic nitrogens is 2. The summed E-state index contributed by atoms with van der Waals surface area (Å²) >= 11 is 0. The van der Waals surface area contributed by atoms with Crippen molar-refractivity contribution < 1.29 is 13.2 Å². The van der Waals surface area contributed by atoms with Crippen molar-refractivity contribution >= 4 is 32.4 Å². The van der Waals surface area contributed by atoms with E-state index in [9.17, 15) is 13.7 Å². The predicted molar refractivity (Wildman–Crippen MR) is 144 cm³/mol. The molecule has 1 atom stereocenters. The minimum absolute atomic E-state index is 0.0894. The van der Waals surface area contributed by atoms with Crippen LogP contribution in [0.15, 0.2) is 77.7 Å². The molecule has 0 aliphatic carbocycles. The molecule has 188 valence electrons. The van der Waals surface area contributed by atoms with E-state index in [1.807, 2.05) is 60.4 Å². The number of para-hydroxylation sites is 4. The number of benzene rings is 3. The molecule has 1 saturated heterocycles. The lowest BCUT2D eigenvalue weighted by molar-refractivity contribution is 0.413. The van der Waals surface area contributed by atoms with Gasteiger partial charge in [-0.3, -0.25) is 0 Å². The lowest BCUT2D eigenvalue weighted by atomic mass is 10.2. The number of nitrogens with zero attached hydrogens (tertiary/aromatic N) is 5. The van der Waals surface area contributed by atoms with Crippen molar-refractivity contribution in [3.63, 3.8) is 0 Å². The van der Waals surface area contributed by atoms with Crippen molar-refractivity contribution in [1.29, 1.82) is 5.26 Å². The Bertz CT molecular complexity index is 1570. The van der Waals surface area contributed by atoms with Crippen LogP contribution in [0.1, 0.15) is 16.5 Å². The molecule has 0 saturated carbocycles. The molecule has 1 fully saturated rings. The standard InChI is InChI=1S/C28H27N5O3S/c1-20-11-13-21(14-12-20)37(34,35)26(19-29)27-28(31-23-8-4-3-7-22(23)30-27)33-17-15-32(16-18-33)24-9-5-6-10-25(24)36-2/h3-14,26H,15-18H2,1-2H3. The number of hydrogen-bond donors (Lipinski definition) is 0. The largest absolute Gasteiger partial charge is 0.495 e. The quantitative estimate of drug-likeness (QED) is 0.376. The van der Waals surface area contributed by atoms with E-state index in [0.717, 1.165) is 17.0 Å². The zero-order valence-electron chi connectivity index (χ0n) is 20.7. The Hall–Kier alpha value is -4.16. The van der Waals surface area contributed by atoms with Gasteiger partial charge in [0.2, 0.25) is 9.84 Å². The summed E-state index contributed by atoms with van der Waals surface area (Å²) in [5.74, 6) is 1.23. The van der Waals surface area contributed by atoms with E-state index in [0.29, 0.717) is 43.0 Å². The Morgan fingerprint density at radius 2 is 1.46 bits per heavy atom. The fourth-order valence-corrected chi connectivity index (χ4v) is 5.98. The van der Waals surface area contributed by atoms with Gasteiger partial charge in [0, 0.05) is 26.2 Å². The molecule has 0 N–H and O–H groups in total. The molecule has 0 radical (unpaired) electrons. The molecule has 9 heteroatoms. The van der Waals surface area contributed by atoms with Gasteiger partial charge in [-0.05, 0) is 43.3 Å². The molecular weight excluding hydrogens is 486 g/mol. The summed E-state index contributed by atoms with van der Waals surface area (Å²) in [6.45, 7) is 4.41. The monoisotopic (exact) mass is 513 g/mol. The van der Waals surface area contributed by atoms with E-state index in [2.05, 4.69) is 4.90 Å². The molecule has 1 aliphatic rings. The zero-order valence-corrected chi connectivity index (χ0v) is 21.5. The average molecular weight is 514 g/mol. The third-order valence-corrected chi connectivity index (χ3v) is 8.49. The zero-order chi connectivity index (χ0) is 26.0. The van der Waals surface area contributed by atoms with Gasteiger partial charge in [0.1, 0.15) is 11.4 Å². The summed E-state index contributed by atoms with van der Waals surface area (Å²) in [5.41, 5.74) is 3.30. The molecule has 1 unspecified atom stereocenters. The van der Waals surface area contributed by atoms with Gasteiger partial charge < -0.3 is 14.5 Å². The van der Waals surface area contributed by atoms with E-state index in [1.54, 1.807) is 25.3 Å². The molecular formula is C28H27N5O3S. The van der Waals surface area contributed by atoms with Gasteiger partial charge in [-0.1, -0.05) is 42.0 Å². The normalized spacial score (nSPS) is 14.8. The van der Waals surface area contributed by atoms with Crippen LogP contribution < -0.4 is 14.5 Å². The number of anilines is 2. The van der Waals surface area contributed by atoms with E-state index in [1.165, 1.54) is 12.1 Å². The molecule has 4 aromatic rings. The number of aryl methyl sites for hydroxylation is 1. The van der Waals surface area contributed by atoms with E-state index in [-0.39, 0.29) is 10.6 Å². The second-order valence-electron chi connectivity index (χ2n) is 8.93. The third kappa shape index (κ3) is 4.68. The summed E-state index contributed by atoms with van der Waals surface area (Å²) in [6.07, 6.45) is 0. The molecule has 5 rings (SSSR count). The predicted octanol–water partition coefficient (Wildman–Crippen LogP) is 4.31. The van der Waals surface area contributed by atoms with Crippen LogP contribution in [0.4, 0.5) is 11.5 Å². The summed E-state index contributed by atoms with van der Waals surface area (Å²) in [7, 11) is -2.38. The second-order valence-corrected chi connectivity index (χ2v) is 11.0. The SMILES string of the molecule is COc1ccccc1N1CCN(c2nc3ccccc3nc2C(C#N)S(=O)(=O)c2ccc(C)cc2)CC1. The Kier molecular flexibility index (Phi) is 6.68. The van der Waals surface area contributed by atoms with Crippen molar-refractivity contribution in [2.45, 2.75) is 17.1 Å². The first kappa shape index (κ1) is 24.5. The number of rotatable bonds is 6. The number of ether oxygens (including phenoxy) is 1. The summed E-state index contributed by atoms with van der Waals surface area (Å²) < 4.78 is 32.8. The first-order chi connectivity index (χ1) is 17.9. The number of nitriles is 1. The number of fused-ring (bicyclic) bond motifs is 1. The van der Waals surface area contributed by atoms with Crippen LogP contribution in [-0.4, -0.2) is 51.7 Å². The smallest absolute Gasteiger partial charge is 0.200 e. The minimum Gasteiger partial charge on any atom is -0.495 e. The fourth-order valence-electron chi connectivity index (χ4n) is 4.60. The summed E-state index contributed by atoms with van der Waals surface area (Å²) in [4.78, 5) is 13.9. The summed E-state index contributed by atoms with van der Waals surface area (Å²) in [5, 5.41) is 8.65. The molecule has 3 aromatic carbocycles. The Labute approximate surface area is 216 Å². The highest BCUT2D eigenvalue weighted by molar-refractivity contribution is 7.92. The highest BCUT2D eigenvalue weighted by atomic mass is 32.2. The molecule has 2 heterocycles. The van der Waals surface area contributed by atoms with Gasteiger partial charge in [-0.2, -0.15) is 5.26 Å². The van der Waals surface area contributed by atoms with Crippen LogP contribution in [0, 0.1) is 18.3 Å². The van der Waals surface area contributed by atoms with E-state index >= 15 is 0 Å². The van der Waals surface area contributed by atoms with E-state index in [4.69, 9.17) is 14.7 Å². The first-order valence-electron chi connectivity index (χ1n) is 12.0. The van der Waals surface area contributed by atoms with Crippen molar-refractivity contribution in [3.8, 4) is 11.8 Å². The van der Waals surface area contributed by atoms with Crippen molar-refractivity contribution in [2.24, 2.45) is 0 Å². The van der Waals surface area contributed by atoms with Crippen LogP contribution >= 0.6 is 0 Å². The van der Waals surface area contributed by atoms with Gasteiger partial charge in [0.25, 0.3) is 0 Å². The highest BCUT2D eigenvalue weighted by Crippen LogP contribution is 2.35. The van der Waals surface area contributed by atoms with Crippen LogP contribution in [0.3, 0.4) is 0 Å². The van der Waals surface area contributed by atoms with Gasteiger partial charge in [-0.25, -0.2) is 18.4 Å². The van der Waals surface area contributed by atoms with Crippen molar-refractivity contribution in [3.05, 3.63) is 84.1 Å². The van der Waals surface area contributed by atoms with E-state index < -0.39 is 15.1 Å². The molecule has 8 nitrogen and oxygen atoms in total. The Balaban J connectivity index is 1.53.